The molecule has 2 rings (SSSR count). The number of aliphatic carboxylic acids is 1. The fourth-order valence-corrected chi connectivity index (χ4v) is 2.75. The molecule has 0 aromatic carbocycles. The van der Waals surface area contributed by atoms with Gasteiger partial charge in [-0.3, -0.25) is 9.59 Å². The van der Waals surface area contributed by atoms with Crippen LogP contribution < -0.4 is 5.32 Å². The van der Waals surface area contributed by atoms with Crippen molar-refractivity contribution in [3.05, 3.63) is 0 Å². The van der Waals surface area contributed by atoms with Crippen LogP contribution in [0.4, 0.5) is 0 Å². The van der Waals surface area contributed by atoms with Crippen molar-refractivity contribution in [3.63, 3.8) is 0 Å². The fourth-order valence-electron chi connectivity index (χ4n) is 2.75. The van der Waals surface area contributed by atoms with Gasteiger partial charge in [0.05, 0.1) is 24.0 Å². The number of carboxylic acids is 1. The molecule has 2 N–H and O–H groups in total. The van der Waals surface area contributed by atoms with E-state index >= 15 is 0 Å². The van der Waals surface area contributed by atoms with E-state index in [2.05, 4.69) is 5.32 Å². The molecule has 2 fully saturated rings. The van der Waals surface area contributed by atoms with Crippen LogP contribution in [0, 0.1) is 17.8 Å². The molecule has 4 atom stereocenters. The minimum atomic E-state index is -0.915. The zero-order valence-electron chi connectivity index (χ0n) is 10.2. The second-order valence-corrected chi connectivity index (χ2v) is 5.32. The van der Waals surface area contributed by atoms with Crippen molar-refractivity contribution in [2.24, 2.45) is 17.8 Å². The van der Waals surface area contributed by atoms with Crippen LogP contribution in [-0.4, -0.2) is 35.7 Å². The van der Waals surface area contributed by atoms with E-state index in [4.69, 9.17) is 4.74 Å². The zero-order chi connectivity index (χ0) is 12.6. The lowest BCUT2D eigenvalue weighted by molar-refractivity contribution is -0.147. The van der Waals surface area contributed by atoms with Gasteiger partial charge in [-0.25, -0.2) is 0 Å². The first-order valence-electron chi connectivity index (χ1n) is 6.16. The minimum Gasteiger partial charge on any atom is -0.481 e. The first kappa shape index (κ1) is 12.4. The van der Waals surface area contributed by atoms with Gasteiger partial charge in [-0.15, -0.1) is 0 Å². The summed E-state index contributed by atoms with van der Waals surface area (Å²) in [6.45, 7) is 4.59. The van der Waals surface area contributed by atoms with Crippen LogP contribution in [0.1, 0.15) is 26.7 Å². The molecule has 0 saturated carbocycles. The summed E-state index contributed by atoms with van der Waals surface area (Å²) in [7, 11) is 0. The Morgan fingerprint density at radius 1 is 1.29 bits per heavy atom. The largest absolute Gasteiger partial charge is 0.481 e. The summed E-state index contributed by atoms with van der Waals surface area (Å²) in [4.78, 5) is 23.2. The second kappa shape index (κ2) is 4.64. The Bertz CT molecular complexity index is 328. The third-order valence-electron chi connectivity index (χ3n) is 3.55. The van der Waals surface area contributed by atoms with E-state index in [0.717, 1.165) is 12.8 Å². The number of rotatable bonds is 4. The number of nitrogens with one attached hydrogen (secondary N) is 1. The number of carboxylic acid groups (broad SMARTS) is 1. The van der Waals surface area contributed by atoms with E-state index in [1.165, 1.54) is 0 Å². The molecule has 1 amide bonds. The van der Waals surface area contributed by atoms with Crippen LogP contribution >= 0.6 is 0 Å². The van der Waals surface area contributed by atoms with Gasteiger partial charge in [-0.1, -0.05) is 13.8 Å². The van der Waals surface area contributed by atoms with Crippen LogP contribution in [0.2, 0.25) is 0 Å². The molecule has 0 unspecified atom stereocenters. The lowest BCUT2D eigenvalue weighted by atomic mass is 9.78. The minimum absolute atomic E-state index is 0.168. The predicted octanol–water partition coefficient (Wildman–Crippen LogP) is 0.637. The Hall–Kier alpha value is -1.10. The van der Waals surface area contributed by atoms with Crippen molar-refractivity contribution in [3.8, 4) is 0 Å². The summed E-state index contributed by atoms with van der Waals surface area (Å²) in [6.07, 6.45) is 1.09. The number of hydrogen-bond acceptors (Lipinski definition) is 3. The summed E-state index contributed by atoms with van der Waals surface area (Å²) in [5.41, 5.74) is 0. The topological polar surface area (TPSA) is 75.6 Å². The molecule has 17 heavy (non-hydrogen) atoms. The molecule has 96 valence electrons. The zero-order valence-corrected chi connectivity index (χ0v) is 10.2. The van der Waals surface area contributed by atoms with Crippen molar-refractivity contribution < 1.29 is 19.4 Å². The van der Waals surface area contributed by atoms with Gasteiger partial charge in [0.2, 0.25) is 5.91 Å². The number of hydrogen-bond donors (Lipinski definition) is 2. The Labute approximate surface area is 101 Å². The average Bonchev–Trinajstić information content (AvgIpc) is 2.84. The number of amides is 1. The first-order chi connectivity index (χ1) is 8.00. The number of ether oxygens (including phenoxy) is 1. The Balaban J connectivity index is 2.03. The highest BCUT2D eigenvalue weighted by Crippen LogP contribution is 2.43. The molecule has 5 heteroatoms. The third kappa shape index (κ3) is 2.29. The molecular formula is C12H19NO4. The monoisotopic (exact) mass is 241 g/mol. The van der Waals surface area contributed by atoms with Crippen LogP contribution in [0.5, 0.6) is 0 Å². The van der Waals surface area contributed by atoms with Crippen molar-refractivity contribution in [1.82, 2.24) is 5.32 Å². The maximum atomic E-state index is 12.0. The van der Waals surface area contributed by atoms with Crippen molar-refractivity contribution >= 4 is 11.9 Å². The van der Waals surface area contributed by atoms with E-state index in [-0.39, 0.29) is 18.1 Å². The van der Waals surface area contributed by atoms with Crippen molar-refractivity contribution in [1.29, 1.82) is 0 Å². The normalized spacial score (nSPS) is 35.2. The smallest absolute Gasteiger partial charge is 0.310 e. The van der Waals surface area contributed by atoms with E-state index in [1.54, 1.807) is 0 Å². The maximum Gasteiger partial charge on any atom is 0.310 e. The number of carbonyl (C=O) groups excluding carboxylic acids is 1. The van der Waals surface area contributed by atoms with Crippen LogP contribution in [0.3, 0.4) is 0 Å². The SMILES string of the molecule is CC(C)CNC(=O)[C@@H]1[C@@H](C(=O)O)[C@H]2CC[C@@H]1O2. The summed E-state index contributed by atoms with van der Waals surface area (Å²) < 4.78 is 5.55. The first-order valence-corrected chi connectivity index (χ1v) is 6.16. The van der Waals surface area contributed by atoms with E-state index in [1.807, 2.05) is 13.8 Å². The summed E-state index contributed by atoms with van der Waals surface area (Å²) in [5, 5.41) is 12.0. The highest BCUT2D eigenvalue weighted by atomic mass is 16.5. The summed E-state index contributed by atoms with van der Waals surface area (Å²) in [6, 6.07) is 0. The van der Waals surface area contributed by atoms with Gasteiger partial charge in [0.1, 0.15) is 0 Å². The summed E-state index contributed by atoms with van der Waals surface area (Å²) in [5.74, 6) is -1.90. The molecule has 2 bridgehead atoms. The van der Waals surface area contributed by atoms with Crippen LogP contribution in [0.15, 0.2) is 0 Å². The summed E-state index contributed by atoms with van der Waals surface area (Å²) >= 11 is 0. The molecule has 2 heterocycles. The number of carbonyl (C=O) groups is 2. The molecule has 0 radical (unpaired) electrons. The van der Waals surface area contributed by atoms with E-state index < -0.39 is 17.8 Å². The molecule has 0 aromatic heterocycles. The molecule has 2 saturated heterocycles. The second-order valence-electron chi connectivity index (χ2n) is 5.32. The predicted molar refractivity (Wildman–Crippen MR) is 60.4 cm³/mol. The molecular weight excluding hydrogens is 222 g/mol. The quantitative estimate of drug-likeness (QED) is 0.757. The molecule has 5 nitrogen and oxygen atoms in total. The Kier molecular flexibility index (Phi) is 3.38. The van der Waals surface area contributed by atoms with Crippen molar-refractivity contribution in [2.75, 3.05) is 6.54 Å². The molecule has 2 aliphatic heterocycles. The van der Waals surface area contributed by atoms with Crippen molar-refractivity contribution in [2.45, 2.75) is 38.9 Å². The highest BCUT2D eigenvalue weighted by Gasteiger charge is 2.55. The van der Waals surface area contributed by atoms with E-state index in [9.17, 15) is 14.7 Å². The lowest BCUT2D eigenvalue weighted by Gasteiger charge is -2.24. The lowest BCUT2D eigenvalue weighted by Crippen LogP contribution is -2.44. The molecule has 0 aliphatic carbocycles. The van der Waals surface area contributed by atoms with Gasteiger partial charge in [-0.05, 0) is 18.8 Å². The van der Waals surface area contributed by atoms with Crippen LogP contribution in [-0.2, 0) is 14.3 Å². The average molecular weight is 241 g/mol. The van der Waals surface area contributed by atoms with Gasteiger partial charge in [-0.2, -0.15) is 0 Å². The van der Waals surface area contributed by atoms with Gasteiger partial charge in [0, 0.05) is 6.54 Å². The molecule has 2 aliphatic rings. The molecule has 0 spiro atoms. The number of fused-ring (bicyclic) bond motifs is 2. The van der Waals surface area contributed by atoms with Gasteiger partial charge in [0.15, 0.2) is 0 Å². The third-order valence-corrected chi connectivity index (χ3v) is 3.55. The van der Waals surface area contributed by atoms with E-state index in [0.29, 0.717) is 12.5 Å². The van der Waals surface area contributed by atoms with Gasteiger partial charge < -0.3 is 15.2 Å². The Morgan fingerprint density at radius 3 is 2.41 bits per heavy atom. The van der Waals surface area contributed by atoms with Gasteiger partial charge in [0.25, 0.3) is 0 Å². The fraction of sp³-hybridized carbons (Fsp3) is 0.833. The van der Waals surface area contributed by atoms with Gasteiger partial charge >= 0.3 is 5.97 Å². The Morgan fingerprint density at radius 2 is 1.88 bits per heavy atom. The van der Waals surface area contributed by atoms with Crippen LogP contribution in [0.25, 0.3) is 0 Å². The maximum absolute atomic E-state index is 12.0. The standard InChI is InChI=1S/C12H19NO4/c1-6(2)5-13-11(14)9-7-3-4-8(17-7)10(9)12(15)16/h6-10H,3-5H2,1-2H3,(H,13,14)(H,15,16)/t7-,8+,9-,10-/m0/s1. The molecule has 0 aromatic rings. The highest BCUT2D eigenvalue weighted by molar-refractivity contribution is 5.86.